The summed E-state index contributed by atoms with van der Waals surface area (Å²) in [5.41, 5.74) is 0.00229. The van der Waals surface area contributed by atoms with Gasteiger partial charge in [-0.3, -0.25) is 0 Å². The number of hydrogen-bond acceptors (Lipinski definition) is 2. The van der Waals surface area contributed by atoms with Crippen molar-refractivity contribution in [2.24, 2.45) is 11.3 Å². The summed E-state index contributed by atoms with van der Waals surface area (Å²) in [6.45, 7) is 11.9. The van der Waals surface area contributed by atoms with E-state index >= 15 is 0 Å². The molecule has 0 spiro atoms. The minimum absolute atomic E-state index is 0.00229. The van der Waals surface area contributed by atoms with Gasteiger partial charge in [0.1, 0.15) is 0 Å². The average Bonchev–Trinajstić information content (AvgIpc) is 2.05. The molecule has 0 saturated carbocycles. The number of rotatable bonds is 6. The molecule has 0 aliphatic carbocycles. The Morgan fingerprint density at radius 3 is 2.15 bits per heavy atom. The van der Waals surface area contributed by atoms with Crippen LogP contribution >= 0.6 is 0 Å². The molecule has 0 aliphatic heterocycles. The van der Waals surface area contributed by atoms with Gasteiger partial charge < -0.3 is 10.4 Å². The lowest BCUT2D eigenvalue weighted by atomic mass is 9.93. The van der Waals surface area contributed by atoms with Gasteiger partial charge in [0.25, 0.3) is 0 Å². The van der Waals surface area contributed by atoms with Crippen LogP contribution in [0.2, 0.25) is 0 Å². The van der Waals surface area contributed by atoms with E-state index < -0.39 is 0 Å². The molecule has 2 heteroatoms. The van der Waals surface area contributed by atoms with Crippen LogP contribution in [0.1, 0.15) is 41.0 Å². The van der Waals surface area contributed by atoms with Crippen LogP contribution in [0.3, 0.4) is 0 Å². The SMILES string of the molecule is CCC(NCC(C)(C)CO)C(C)C. The lowest BCUT2D eigenvalue weighted by Crippen LogP contribution is -2.40. The van der Waals surface area contributed by atoms with Crippen LogP contribution in [-0.4, -0.2) is 24.3 Å². The molecule has 0 rings (SSSR count). The van der Waals surface area contributed by atoms with E-state index in [2.05, 4.69) is 39.9 Å². The zero-order valence-corrected chi connectivity index (χ0v) is 9.72. The van der Waals surface area contributed by atoms with E-state index in [9.17, 15) is 0 Å². The molecule has 0 saturated heterocycles. The van der Waals surface area contributed by atoms with Gasteiger partial charge in [0.2, 0.25) is 0 Å². The maximum atomic E-state index is 9.08. The van der Waals surface area contributed by atoms with Crippen molar-refractivity contribution in [1.29, 1.82) is 0 Å². The molecule has 0 bridgehead atoms. The molecule has 0 aromatic rings. The second-order valence-corrected chi connectivity index (χ2v) is 4.96. The van der Waals surface area contributed by atoms with Gasteiger partial charge in [0.15, 0.2) is 0 Å². The second-order valence-electron chi connectivity index (χ2n) is 4.96. The fourth-order valence-electron chi connectivity index (χ4n) is 1.31. The Hall–Kier alpha value is -0.0800. The molecule has 0 aliphatic rings. The number of aliphatic hydroxyl groups is 1. The predicted octanol–water partition coefficient (Wildman–Crippen LogP) is 2.03. The van der Waals surface area contributed by atoms with Gasteiger partial charge in [-0.05, 0) is 12.3 Å². The summed E-state index contributed by atoms with van der Waals surface area (Å²) < 4.78 is 0. The zero-order valence-electron chi connectivity index (χ0n) is 9.72. The molecule has 0 aromatic heterocycles. The van der Waals surface area contributed by atoms with Crippen molar-refractivity contribution in [3.63, 3.8) is 0 Å². The Bertz CT molecular complexity index is 132. The zero-order chi connectivity index (χ0) is 10.5. The first-order chi connectivity index (χ1) is 5.93. The van der Waals surface area contributed by atoms with E-state index in [0.717, 1.165) is 13.0 Å². The molecule has 0 fully saturated rings. The van der Waals surface area contributed by atoms with Crippen LogP contribution in [0.5, 0.6) is 0 Å². The predicted molar refractivity (Wildman–Crippen MR) is 57.8 cm³/mol. The molecule has 1 atom stereocenters. The summed E-state index contributed by atoms with van der Waals surface area (Å²) in [4.78, 5) is 0. The van der Waals surface area contributed by atoms with Gasteiger partial charge in [-0.25, -0.2) is 0 Å². The van der Waals surface area contributed by atoms with E-state index in [0.29, 0.717) is 12.0 Å². The van der Waals surface area contributed by atoms with Crippen LogP contribution in [0.25, 0.3) is 0 Å². The smallest absolute Gasteiger partial charge is 0.0494 e. The number of hydrogen-bond donors (Lipinski definition) is 2. The van der Waals surface area contributed by atoms with Crippen molar-refractivity contribution < 1.29 is 5.11 Å². The van der Waals surface area contributed by atoms with Gasteiger partial charge in [0, 0.05) is 24.6 Å². The van der Waals surface area contributed by atoms with Crippen LogP contribution in [0.15, 0.2) is 0 Å². The van der Waals surface area contributed by atoms with Crippen molar-refractivity contribution in [3.8, 4) is 0 Å². The third-order valence-corrected chi connectivity index (χ3v) is 2.52. The van der Waals surface area contributed by atoms with Crippen molar-refractivity contribution in [2.45, 2.75) is 47.1 Å². The van der Waals surface area contributed by atoms with Crippen LogP contribution in [0.4, 0.5) is 0 Å². The molecule has 0 radical (unpaired) electrons. The summed E-state index contributed by atoms with van der Waals surface area (Å²) >= 11 is 0. The van der Waals surface area contributed by atoms with Crippen LogP contribution < -0.4 is 5.32 Å². The fraction of sp³-hybridized carbons (Fsp3) is 1.00. The normalized spacial score (nSPS) is 15.0. The van der Waals surface area contributed by atoms with Gasteiger partial charge >= 0.3 is 0 Å². The summed E-state index contributed by atoms with van der Waals surface area (Å²) in [5.74, 6) is 0.666. The summed E-state index contributed by atoms with van der Waals surface area (Å²) in [7, 11) is 0. The Kier molecular flexibility index (Phi) is 5.57. The van der Waals surface area contributed by atoms with E-state index in [1.54, 1.807) is 0 Å². The average molecular weight is 187 g/mol. The molecular formula is C11H25NO. The first-order valence-electron chi connectivity index (χ1n) is 5.27. The summed E-state index contributed by atoms with van der Waals surface area (Å²) in [6, 6.07) is 0.575. The lowest BCUT2D eigenvalue weighted by molar-refractivity contribution is 0.149. The Morgan fingerprint density at radius 1 is 1.31 bits per heavy atom. The fourth-order valence-corrected chi connectivity index (χ4v) is 1.31. The van der Waals surface area contributed by atoms with Gasteiger partial charge in [-0.2, -0.15) is 0 Å². The number of aliphatic hydroxyl groups excluding tert-OH is 1. The van der Waals surface area contributed by atoms with E-state index in [1.807, 2.05) is 0 Å². The van der Waals surface area contributed by atoms with Crippen LogP contribution in [-0.2, 0) is 0 Å². The summed E-state index contributed by atoms with van der Waals surface area (Å²) in [5, 5.41) is 12.6. The Morgan fingerprint density at radius 2 is 1.85 bits per heavy atom. The van der Waals surface area contributed by atoms with Crippen molar-refractivity contribution in [3.05, 3.63) is 0 Å². The molecule has 0 aromatic carbocycles. The number of nitrogens with one attached hydrogen (secondary N) is 1. The van der Waals surface area contributed by atoms with E-state index in [1.165, 1.54) is 0 Å². The third-order valence-electron chi connectivity index (χ3n) is 2.52. The van der Waals surface area contributed by atoms with Crippen molar-refractivity contribution in [2.75, 3.05) is 13.2 Å². The molecule has 80 valence electrons. The Balaban J connectivity index is 3.85. The van der Waals surface area contributed by atoms with Gasteiger partial charge in [-0.1, -0.05) is 34.6 Å². The topological polar surface area (TPSA) is 32.3 Å². The third kappa shape index (κ3) is 5.27. The van der Waals surface area contributed by atoms with E-state index in [-0.39, 0.29) is 12.0 Å². The standard InChI is InChI=1S/C11H25NO/c1-6-10(9(2)3)12-7-11(4,5)8-13/h9-10,12-13H,6-8H2,1-5H3. The maximum absolute atomic E-state index is 9.08. The first kappa shape index (κ1) is 12.9. The summed E-state index contributed by atoms with van der Waals surface area (Å²) in [6.07, 6.45) is 1.15. The highest BCUT2D eigenvalue weighted by atomic mass is 16.3. The van der Waals surface area contributed by atoms with Crippen molar-refractivity contribution in [1.82, 2.24) is 5.32 Å². The monoisotopic (exact) mass is 187 g/mol. The lowest BCUT2D eigenvalue weighted by Gasteiger charge is -2.28. The van der Waals surface area contributed by atoms with Crippen LogP contribution in [0, 0.1) is 11.3 Å². The minimum atomic E-state index is 0.00229. The highest BCUT2D eigenvalue weighted by Gasteiger charge is 2.19. The molecule has 0 heterocycles. The second kappa shape index (κ2) is 5.61. The molecular weight excluding hydrogens is 162 g/mol. The van der Waals surface area contributed by atoms with Gasteiger partial charge in [-0.15, -0.1) is 0 Å². The van der Waals surface area contributed by atoms with Gasteiger partial charge in [0.05, 0.1) is 0 Å². The molecule has 13 heavy (non-hydrogen) atoms. The quantitative estimate of drug-likeness (QED) is 0.667. The highest BCUT2D eigenvalue weighted by molar-refractivity contribution is 4.75. The van der Waals surface area contributed by atoms with Crippen molar-refractivity contribution >= 4 is 0 Å². The molecule has 2 N–H and O–H groups in total. The molecule has 2 nitrogen and oxygen atoms in total. The molecule has 0 amide bonds. The Labute approximate surface area is 82.7 Å². The van der Waals surface area contributed by atoms with E-state index in [4.69, 9.17) is 5.11 Å². The molecule has 1 unspecified atom stereocenters. The maximum Gasteiger partial charge on any atom is 0.0494 e. The largest absolute Gasteiger partial charge is 0.396 e. The first-order valence-corrected chi connectivity index (χ1v) is 5.27. The minimum Gasteiger partial charge on any atom is -0.396 e. The highest BCUT2D eigenvalue weighted by Crippen LogP contribution is 2.13.